The van der Waals surface area contributed by atoms with Crippen LogP contribution >= 0.6 is 0 Å². The fourth-order valence-electron chi connectivity index (χ4n) is 1.69. The number of anilines is 1. The van der Waals surface area contributed by atoms with Crippen molar-refractivity contribution in [1.29, 1.82) is 0 Å². The average Bonchev–Trinajstić information content (AvgIpc) is 2.86. The van der Waals surface area contributed by atoms with Crippen LogP contribution in [0.4, 0.5) is 5.82 Å². The summed E-state index contributed by atoms with van der Waals surface area (Å²) in [4.78, 5) is 11.7. The van der Waals surface area contributed by atoms with Crippen molar-refractivity contribution < 1.29 is 14.2 Å². The Labute approximate surface area is 92.3 Å². The molecule has 2 atom stereocenters. The maximum absolute atomic E-state index is 11.7. The van der Waals surface area contributed by atoms with E-state index in [-0.39, 0.29) is 23.5 Å². The lowest BCUT2D eigenvalue weighted by molar-refractivity contribution is 0.0913. The first-order valence-electron chi connectivity index (χ1n) is 5.15. The first kappa shape index (κ1) is 10.9. The molecule has 0 radical (unpaired) electrons. The summed E-state index contributed by atoms with van der Waals surface area (Å²) >= 11 is 0. The van der Waals surface area contributed by atoms with Crippen LogP contribution in [0.2, 0.25) is 0 Å². The third kappa shape index (κ3) is 2.13. The van der Waals surface area contributed by atoms with Gasteiger partial charge in [-0.15, -0.1) is 0 Å². The van der Waals surface area contributed by atoms with Crippen molar-refractivity contribution in [2.75, 3.05) is 18.9 Å². The summed E-state index contributed by atoms with van der Waals surface area (Å²) in [5.41, 5.74) is 5.45. The summed E-state index contributed by atoms with van der Waals surface area (Å²) in [5.74, 6) is -0.0180. The molecule has 1 saturated heterocycles. The highest BCUT2D eigenvalue weighted by molar-refractivity contribution is 5.96. The van der Waals surface area contributed by atoms with E-state index in [1.165, 1.54) is 0 Å². The molecule has 1 aromatic heterocycles. The van der Waals surface area contributed by atoms with E-state index in [0.29, 0.717) is 12.5 Å². The Bertz CT molecular complexity index is 373. The molecule has 1 fully saturated rings. The van der Waals surface area contributed by atoms with Gasteiger partial charge in [0.25, 0.3) is 5.91 Å². The van der Waals surface area contributed by atoms with E-state index in [1.54, 1.807) is 0 Å². The Kier molecular flexibility index (Phi) is 3.04. The maximum Gasteiger partial charge on any atom is 0.277 e. The number of carbonyl (C=O) groups excluding carboxylic acids is 1. The second-order valence-corrected chi connectivity index (χ2v) is 3.88. The molecule has 2 unspecified atom stereocenters. The van der Waals surface area contributed by atoms with Crippen molar-refractivity contribution in [3.63, 3.8) is 0 Å². The number of hydrogen-bond donors (Lipinski definition) is 2. The van der Waals surface area contributed by atoms with Crippen LogP contribution in [0.3, 0.4) is 0 Å². The first-order chi connectivity index (χ1) is 7.68. The highest BCUT2D eigenvalue weighted by Gasteiger charge is 2.25. The minimum Gasteiger partial charge on any atom is -0.381 e. The van der Waals surface area contributed by atoms with Crippen LogP contribution in [0.1, 0.15) is 23.8 Å². The van der Waals surface area contributed by atoms with Crippen LogP contribution in [0, 0.1) is 5.92 Å². The molecule has 3 N–H and O–H groups in total. The topological polar surface area (TPSA) is 103 Å². The number of nitrogens with one attached hydrogen (secondary N) is 1. The maximum atomic E-state index is 11.7. The molecule has 7 nitrogen and oxygen atoms in total. The van der Waals surface area contributed by atoms with Gasteiger partial charge in [-0.2, -0.15) is 0 Å². The Hall–Kier alpha value is -1.63. The van der Waals surface area contributed by atoms with Crippen LogP contribution in [0.25, 0.3) is 0 Å². The van der Waals surface area contributed by atoms with E-state index in [1.807, 2.05) is 6.92 Å². The molecule has 1 aromatic rings. The summed E-state index contributed by atoms with van der Waals surface area (Å²) in [6.45, 7) is 3.35. The van der Waals surface area contributed by atoms with E-state index >= 15 is 0 Å². The van der Waals surface area contributed by atoms with Gasteiger partial charge in [0, 0.05) is 18.6 Å². The monoisotopic (exact) mass is 226 g/mol. The highest BCUT2D eigenvalue weighted by Crippen LogP contribution is 2.17. The minimum absolute atomic E-state index is 0.00683. The third-order valence-electron chi connectivity index (χ3n) is 2.76. The van der Waals surface area contributed by atoms with Gasteiger partial charge in [-0.3, -0.25) is 4.79 Å². The van der Waals surface area contributed by atoms with Crippen molar-refractivity contribution in [2.45, 2.75) is 19.4 Å². The standard InChI is InChI=1S/C9H14N4O3/c1-5(6-2-3-15-4-6)11-9(14)7-8(10)13-16-12-7/h5-6H,2-4H2,1H3,(H2,10,13)(H,11,14). The normalized spacial score (nSPS) is 21.9. The number of rotatable bonds is 3. The number of ether oxygens (including phenoxy) is 1. The van der Waals surface area contributed by atoms with Crippen LogP contribution in [-0.2, 0) is 4.74 Å². The summed E-state index contributed by atoms with van der Waals surface area (Å²) in [7, 11) is 0. The summed E-state index contributed by atoms with van der Waals surface area (Å²) in [5, 5.41) is 9.59. The van der Waals surface area contributed by atoms with Gasteiger partial charge in [-0.25, -0.2) is 4.63 Å². The van der Waals surface area contributed by atoms with Crippen molar-refractivity contribution >= 4 is 11.7 Å². The second-order valence-electron chi connectivity index (χ2n) is 3.88. The Balaban J connectivity index is 1.94. The summed E-state index contributed by atoms with van der Waals surface area (Å²) < 4.78 is 9.61. The van der Waals surface area contributed by atoms with Crippen molar-refractivity contribution in [1.82, 2.24) is 15.6 Å². The van der Waals surface area contributed by atoms with E-state index in [4.69, 9.17) is 10.5 Å². The molecular weight excluding hydrogens is 212 g/mol. The number of nitrogens with two attached hydrogens (primary N) is 1. The zero-order valence-electron chi connectivity index (χ0n) is 8.97. The molecule has 2 rings (SSSR count). The molecule has 1 aliphatic heterocycles. The van der Waals surface area contributed by atoms with Gasteiger partial charge in [0.2, 0.25) is 11.5 Å². The highest BCUT2D eigenvalue weighted by atomic mass is 16.6. The quantitative estimate of drug-likeness (QED) is 0.740. The van der Waals surface area contributed by atoms with Crippen molar-refractivity contribution in [3.8, 4) is 0 Å². The SMILES string of the molecule is CC(NC(=O)c1nonc1N)C1CCOC1. The number of aromatic nitrogens is 2. The van der Waals surface area contributed by atoms with Gasteiger partial charge >= 0.3 is 0 Å². The Morgan fingerprint density at radius 2 is 2.44 bits per heavy atom. The third-order valence-corrected chi connectivity index (χ3v) is 2.76. The predicted octanol–water partition coefficient (Wildman–Crippen LogP) is -0.193. The summed E-state index contributed by atoms with van der Waals surface area (Å²) in [6.07, 6.45) is 0.952. The van der Waals surface area contributed by atoms with Crippen molar-refractivity contribution in [2.24, 2.45) is 5.92 Å². The first-order valence-corrected chi connectivity index (χ1v) is 5.15. The fraction of sp³-hybridized carbons (Fsp3) is 0.667. The summed E-state index contributed by atoms with van der Waals surface area (Å²) in [6, 6.07) is 0.0195. The molecule has 1 amide bonds. The minimum atomic E-state index is -0.363. The van der Waals surface area contributed by atoms with Crippen molar-refractivity contribution in [3.05, 3.63) is 5.69 Å². The number of nitrogen functional groups attached to an aromatic ring is 1. The zero-order chi connectivity index (χ0) is 11.5. The van der Waals surface area contributed by atoms with Gasteiger partial charge in [0.15, 0.2) is 0 Å². The predicted molar refractivity (Wildman–Crippen MR) is 54.6 cm³/mol. The van der Waals surface area contributed by atoms with Gasteiger partial charge in [-0.05, 0) is 23.7 Å². The molecule has 88 valence electrons. The van der Waals surface area contributed by atoms with Gasteiger partial charge in [-0.1, -0.05) is 0 Å². The van der Waals surface area contributed by atoms with E-state index in [2.05, 4.69) is 20.3 Å². The zero-order valence-corrected chi connectivity index (χ0v) is 8.97. The number of nitrogens with zero attached hydrogens (tertiary/aromatic N) is 2. The van der Waals surface area contributed by atoms with Crippen LogP contribution in [-0.4, -0.2) is 35.5 Å². The van der Waals surface area contributed by atoms with Gasteiger partial charge in [0.1, 0.15) is 0 Å². The molecule has 16 heavy (non-hydrogen) atoms. The van der Waals surface area contributed by atoms with E-state index in [9.17, 15) is 4.79 Å². The largest absolute Gasteiger partial charge is 0.381 e. The molecule has 1 aliphatic rings. The molecule has 0 spiro atoms. The molecule has 7 heteroatoms. The number of carbonyl (C=O) groups is 1. The number of hydrogen-bond acceptors (Lipinski definition) is 6. The Morgan fingerprint density at radius 1 is 1.62 bits per heavy atom. The van der Waals surface area contributed by atoms with Crippen LogP contribution in [0.5, 0.6) is 0 Å². The molecule has 0 saturated carbocycles. The second kappa shape index (κ2) is 4.48. The van der Waals surface area contributed by atoms with Crippen LogP contribution in [0.15, 0.2) is 4.63 Å². The molecule has 2 heterocycles. The van der Waals surface area contributed by atoms with E-state index < -0.39 is 0 Å². The molecule has 0 aromatic carbocycles. The lowest BCUT2D eigenvalue weighted by atomic mass is 10.0. The molecular formula is C9H14N4O3. The average molecular weight is 226 g/mol. The molecule has 0 bridgehead atoms. The van der Waals surface area contributed by atoms with Gasteiger partial charge < -0.3 is 15.8 Å². The Morgan fingerprint density at radius 3 is 3.00 bits per heavy atom. The smallest absolute Gasteiger partial charge is 0.277 e. The van der Waals surface area contributed by atoms with Gasteiger partial charge in [0.05, 0.1) is 6.61 Å². The van der Waals surface area contributed by atoms with Crippen LogP contribution < -0.4 is 11.1 Å². The molecule has 0 aliphatic carbocycles. The number of amides is 1. The lowest BCUT2D eigenvalue weighted by Crippen LogP contribution is -2.38. The lowest BCUT2D eigenvalue weighted by Gasteiger charge is -2.18. The van der Waals surface area contributed by atoms with E-state index in [0.717, 1.165) is 13.0 Å². The fourth-order valence-corrected chi connectivity index (χ4v) is 1.69.